The van der Waals surface area contributed by atoms with Gasteiger partial charge in [0.25, 0.3) is 5.91 Å². The van der Waals surface area contributed by atoms with E-state index in [0.717, 1.165) is 6.42 Å². The number of halogens is 1. The average Bonchev–Trinajstić information content (AvgIpc) is 2.49. The highest BCUT2D eigenvalue weighted by Crippen LogP contribution is 2.18. The Kier molecular flexibility index (Phi) is 6.34. The molecule has 1 aromatic carbocycles. The van der Waals surface area contributed by atoms with Crippen molar-refractivity contribution in [3.63, 3.8) is 0 Å². The number of benzene rings is 1. The van der Waals surface area contributed by atoms with Crippen LogP contribution >= 0.6 is 0 Å². The molecule has 1 fully saturated rings. The molecule has 126 valence electrons. The quantitative estimate of drug-likeness (QED) is 0.719. The van der Waals surface area contributed by atoms with Crippen molar-refractivity contribution in [1.29, 1.82) is 0 Å². The Morgan fingerprint density at radius 1 is 1.35 bits per heavy atom. The Morgan fingerprint density at radius 2 is 2.09 bits per heavy atom. The summed E-state index contributed by atoms with van der Waals surface area (Å²) in [6, 6.07) is 5.92. The molecule has 1 aromatic rings. The summed E-state index contributed by atoms with van der Waals surface area (Å²) < 4.78 is 23.4. The van der Waals surface area contributed by atoms with Crippen LogP contribution in [0.4, 0.5) is 4.39 Å². The molecule has 0 aliphatic carbocycles. The minimum atomic E-state index is -0.503. The van der Waals surface area contributed by atoms with E-state index < -0.39 is 5.82 Å². The highest BCUT2D eigenvalue weighted by atomic mass is 19.1. The highest BCUT2D eigenvalue weighted by molar-refractivity contribution is 5.85. The van der Waals surface area contributed by atoms with Crippen molar-refractivity contribution in [2.75, 3.05) is 40.0 Å². The third kappa shape index (κ3) is 4.92. The number of nitrogens with zero attached hydrogens (tertiary/aromatic N) is 1. The van der Waals surface area contributed by atoms with Crippen LogP contribution in [0.3, 0.4) is 0 Å². The Labute approximate surface area is 134 Å². The second kappa shape index (κ2) is 8.47. The maximum absolute atomic E-state index is 13.4. The summed E-state index contributed by atoms with van der Waals surface area (Å²) in [4.78, 5) is 25.2. The molecule has 0 spiro atoms. The Hall–Kier alpha value is -2.15. The van der Waals surface area contributed by atoms with Crippen molar-refractivity contribution in [1.82, 2.24) is 10.2 Å². The van der Waals surface area contributed by atoms with Crippen LogP contribution in [-0.2, 0) is 14.3 Å². The molecule has 1 aliphatic rings. The molecule has 0 bridgehead atoms. The zero-order valence-corrected chi connectivity index (χ0v) is 13.1. The lowest BCUT2D eigenvalue weighted by Gasteiger charge is -2.38. The summed E-state index contributed by atoms with van der Waals surface area (Å²) >= 11 is 0. The molecule has 0 atom stereocenters. The fraction of sp³-hybridized carbons (Fsp3) is 0.500. The lowest BCUT2D eigenvalue weighted by atomic mass is 9.99. The van der Waals surface area contributed by atoms with E-state index in [1.165, 1.54) is 17.0 Å². The Balaban J connectivity index is 1.65. The van der Waals surface area contributed by atoms with Gasteiger partial charge in [0.2, 0.25) is 5.91 Å². The number of rotatable bonds is 8. The van der Waals surface area contributed by atoms with Gasteiger partial charge in [0.1, 0.15) is 0 Å². The molecular weight excluding hydrogens is 303 g/mol. The van der Waals surface area contributed by atoms with Crippen LogP contribution in [0, 0.1) is 11.7 Å². The number of methoxy groups -OCH3 is 1. The molecule has 6 nitrogen and oxygen atoms in total. The van der Waals surface area contributed by atoms with Crippen LogP contribution in [0.2, 0.25) is 0 Å². The first kappa shape index (κ1) is 17.2. The lowest BCUT2D eigenvalue weighted by molar-refractivity contribution is -0.144. The van der Waals surface area contributed by atoms with Crippen molar-refractivity contribution in [2.24, 2.45) is 5.92 Å². The lowest BCUT2D eigenvalue weighted by Crippen LogP contribution is -2.56. The van der Waals surface area contributed by atoms with Gasteiger partial charge in [0.05, 0.1) is 5.92 Å². The number of carbonyl (C=O) groups excluding carboxylic acids is 2. The van der Waals surface area contributed by atoms with Gasteiger partial charge >= 0.3 is 0 Å². The second-order valence-corrected chi connectivity index (χ2v) is 5.35. The third-order valence-electron chi connectivity index (χ3n) is 3.62. The van der Waals surface area contributed by atoms with Gasteiger partial charge in [0, 0.05) is 33.4 Å². The SMILES string of the molecule is COCCCNC(=O)C1CN(C(=O)COc2ccccc2F)C1. The predicted octanol–water partition coefficient (Wildman–Crippen LogP) is 0.816. The second-order valence-electron chi connectivity index (χ2n) is 5.35. The summed E-state index contributed by atoms with van der Waals surface area (Å²) in [5.41, 5.74) is 0. The van der Waals surface area contributed by atoms with E-state index in [1.807, 2.05) is 0 Å². The van der Waals surface area contributed by atoms with Gasteiger partial charge in [-0.05, 0) is 18.6 Å². The molecule has 1 saturated heterocycles. The molecular formula is C16H21FN2O4. The molecule has 1 aliphatic heterocycles. The fourth-order valence-corrected chi connectivity index (χ4v) is 2.21. The normalized spacial score (nSPS) is 14.3. The largest absolute Gasteiger partial charge is 0.481 e. The van der Waals surface area contributed by atoms with Crippen LogP contribution in [0.25, 0.3) is 0 Å². The molecule has 1 heterocycles. The van der Waals surface area contributed by atoms with Gasteiger partial charge in [-0.25, -0.2) is 4.39 Å². The van der Waals surface area contributed by atoms with Crippen molar-refractivity contribution in [3.8, 4) is 5.75 Å². The molecule has 0 unspecified atom stereocenters. The van der Waals surface area contributed by atoms with Gasteiger partial charge in [0.15, 0.2) is 18.2 Å². The number of para-hydroxylation sites is 1. The number of carbonyl (C=O) groups is 2. The maximum Gasteiger partial charge on any atom is 0.260 e. The minimum Gasteiger partial charge on any atom is -0.481 e. The number of hydrogen-bond donors (Lipinski definition) is 1. The van der Waals surface area contributed by atoms with Crippen LogP contribution < -0.4 is 10.1 Å². The minimum absolute atomic E-state index is 0.0498. The van der Waals surface area contributed by atoms with E-state index in [-0.39, 0.29) is 30.1 Å². The zero-order chi connectivity index (χ0) is 16.7. The van der Waals surface area contributed by atoms with Gasteiger partial charge in [-0.15, -0.1) is 0 Å². The van der Waals surface area contributed by atoms with E-state index in [9.17, 15) is 14.0 Å². The maximum atomic E-state index is 13.4. The average molecular weight is 324 g/mol. The standard InChI is InChI=1S/C16H21FN2O4/c1-22-8-4-7-18-16(21)12-9-19(10-12)15(20)11-23-14-6-3-2-5-13(14)17/h2-3,5-6,12H,4,7-11H2,1H3,(H,18,21). The molecule has 0 saturated carbocycles. The summed E-state index contributed by atoms with van der Waals surface area (Å²) in [6.07, 6.45) is 0.758. The van der Waals surface area contributed by atoms with Gasteiger partial charge in [-0.1, -0.05) is 12.1 Å². The summed E-state index contributed by atoms with van der Waals surface area (Å²) in [6.45, 7) is 1.67. The van der Waals surface area contributed by atoms with Gasteiger partial charge in [-0.3, -0.25) is 9.59 Å². The zero-order valence-electron chi connectivity index (χ0n) is 13.1. The molecule has 0 radical (unpaired) electrons. The number of hydrogen-bond acceptors (Lipinski definition) is 4. The van der Waals surface area contributed by atoms with Gasteiger partial charge in [-0.2, -0.15) is 0 Å². The molecule has 7 heteroatoms. The Morgan fingerprint density at radius 3 is 2.78 bits per heavy atom. The van der Waals surface area contributed by atoms with Crippen molar-refractivity contribution < 1.29 is 23.5 Å². The van der Waals surface area contributed by atoms with Crippen molar-refractivity contribution in [3.05, 3.63) is 30.1 Å². The van der Waals surface area contributed by atoms with E-state index in [4.69, 9.17) is 9.47 Å². The smallest absolute Gasteiger partial charge is 0.260 e. The fourth-order valence-electron chi connectivity index (χ4n) is 2.21. The van der Waals surface area contributed by atoms with E-state index in [2.05, 4.69) is 5.32 Å². The highest BCUT2D eigenvalue weighted by Gasteiger charge is 2.35. The summed E-state index contributed by atoms with van der Waals surface area (Å²) in [5.74, 6) is -0.946. The molecule has 0 aromatic heterocycles. The predicted molar refractivity (Wildman–Crippen MR) is 81.5 cm³/mol. The van der Waals surface area contributed by atoms with E-state index >= 15 is 0 Å². The van der Waals surface area contributed by atoms with Crippen LogP contribution in [0.1, 0.15) is 6.42 Å². The molecule has 1 N–H and O–H groups in total. The first-order chi connectivity index (χ1) is 11.1. The van der Waals surface area contributed by atoms with Crippen LogP contribution in [0.5, 0.6) is 5.75 Å². The van der Waals surface area contributed by atoms with Crippen LogP contribution in [0.15, 0.2) is 24.3 Å². The number of amides is 2. The molecule has 2 amide bonds. The number of nitrogens with one attached hydrogen (secondary N) is 1. The van der Waals surface area contributed by atoms with Gasteiger partial charge < -0.3 is 19.7 Å². The first-order valence-corrected chi connectivity index (χ1v) is 7.53. The first-order valence-electron chi connectivity index (χ1n) is 7.53. The summed E-state index contributed by atoms with van der Waals surface area (Å²) in [7, 11) is 1.61. The van der Waals surface area contributed by atoms with Crippen LogP contribution in [-0.4, -0.2) is 56.7 Å². The third-order valence-corrected chi connectivity index (χ3v) is 3.62. The topological polar surface area (TPSA) is 67.9 Å². The number of ether oxygens (including phenoxy) is 2. The van der Waals surface area contributed by atoms with E-state index in [1.54, 1.807) is 19.2 Å². The van der Waals surface area contributed by atoms with E-state index in [0.29, 0.717) is 26.2 Å². The molecule has 23 heavy (non-hydrogen) atoms. The molecule has 2 rings (SSSR count). The monoisotopic (exact) mass is 324 g/mol. The van der Waals surface area contributed by atoms with Crippen molar-refractivity contribution in [2.45, 2.75) is 6.42 Å². The number of likely N-dealkylation sites (tertiary alicyclic amines) is 1. The summed E-state index contributed by atoms with van der Waals surface area (Å²) in [5, 5.41) is 2.81. The van der Waals surface area contributed by atoms with Crippen molar-refractivity contribution >= 4 is 11.8 Å². The Bertz CT molecular complexity index is 547.